The Balaban J connectivity index is 1.71. The lowest BCUT2D eigenvalue weighted by atomic mass is 9.76. The van der Waals surface area contributed by atoms with Gasteiger partial charge in [-0.3, -0.25) is 0 Å². The van der Waals surface area contributed by atoms with Gasteiger partial charge in [0.1, 0.15) is 11.8 Å². The summed E-state index contributed by atoms with van der Waals surface area (Å²) >= 11 is 0. The van der Waals surface area contributed by atoms with Crippen molar-refractivity contribution < 1.29 is 14.6 Å². The van der Waals surface area contributed by atoms with Gasteiger partial charge >= 0.3 is 0 Å². The van der Waals surface area contributed by atoms with E-state index >= 15 is 0 Å². The first kappa shape index (κ1) is 17.2. The van der Waals surface area contributed by atoms with E-state index in [9.17, 15) is 9.90 Å². The number of carbonyl (C=O) groups excluding carboxylic acids is 1. The second-order valence-corrected chi connectivity index (χ2v) is 6.98. The summed E-state index contributed by atoms with van der Waals surface area (Å²) in [5.74, 6) is 0.136. The SMILES string of the molecule is Cc1c(C(=O)[O-])ccc2c1N[C@@H](c1ccc(OCC#N)cc1)[C@H]1CC=C[C@@H]21. The maximum Gasteiger partial charge on any atom is 0.174 e. The third-order valence-electron chi connectivity index (χ3n) is 5.56. The van der Waals surface area contributed by atoms with Crippen molar-refractivity contribution in [2.75, 3.05) is 11.9 Å². The largest absolute Gasteiger partial charge is 0.545 e. The minimum atomic E-state index is -1.16. The van der Waals surface area contributed by atoms with Crippen molar-refractivity contribution in [1.82, 2.24) is 0 Å². The Morgan fingerprint density at radius 3 is 2.78 bits per heavy atom. The number of carboxylic acid groups (broad SMARTS) is 1. The van der Waals surface area contributed by atoms with Crippen LogP contribution in [0.2, 0.25) is 0 Å². The molecule has 5 heteroatoms. The lowest BCUT2D eigenvalue weighted by Crippen LogP contribution is -2.31. The van der Waals surface area contributed by atoms with Crippen LogP contribution in [0.4, 0.5) is 5.69 Å². The van der Waals surface area contributed by atoms with Crippen molar-refractivity contribution in [3.05, 3.63) is 70.8 Å². The number of nitrogens with one attached hydrogen (secondary N) is 1. The first-order valence-corrected chi connectivity index (χ1v) is 8.98. The van der Waals surface area contributed by atoms with E-state index in [1.807, 2.05) is 43.3 Å². The smallest absolute Gasteiger partial charge is 0.174 e. The summed E-state index contributed by atoms with van der Waals surface area (Å²) in [6, 6.07) is 13.3. The van der Waals surface area contributed by atoms with E-state index in [0.717, 1.165) is 23.2 Å². The number of ether oxygens (including phenoxy) is 1. The van der Waals surface area contributed by atoms with Gasteiger partial charge in [0.25, 0.3) is 0 Å². The average molecular weight is 359 g/mol. The highest BCUT2D eigenvalue weighted by Crippen LogP contribution is 2.51. The highest BCUT2D eigenvalue weighted by atomic mass is 16.5. The van der Waals surface area contributed by atoms with Crippen LogP contribution in [0.3, 0.4) is 0 Å². The number of fused-ring (bicyclic) bond motifs is 3. The molecule has 1 aliphatic heterocycles. The monoisotopic (exact) mass is 359 g/mol. The summed E-state index contributed by atoms with van der Waals surface area (Å²) in [7, 11) is 0. The van der Waals surface area contributed by atoms with Gasteiger partial charge in [-0.25, -0.2) is 0 Å². The zero-order valence-corrected chi connectivity index (χ0v) is 14.9. The van der Waals surface area contributed by atoms with Gasteiger partial charge in [0.05, 0.1) is 12.0 Å². The van der Waals surface area contributed by atoms with Crippen LogP contribution in [0.15, 0.2) is 48.6 Å². The normalized spacial score (nSPS) is 22.3. The molecular weight excluding hydrogens is 340 g/mol. The molecule has 0 saturated heterocycles. The van der Waals surface area contributed by atoms with Crippen LogP contribution in [0, 0.1) is 24.2 Å². The van der Waals surface area contributed by atoms with Crippen LogP contribution in [-0.2, 0) is 0 Å². The number of aromatic carboxylic acids is 1. The number of hydrogen-bond acceptors (Lipinski definition) is 5. The third kappa shape index (κ3) is 2.93. The summed E-state index contributed by atoms with van der Waals surface area (Å²) in [5, 5.41) is 23.6. The molecule has 136 valence electrons. The van der Waals surface area contributed by atoms with Gasteiger partial charge in [-0.15, -0.1) is 0 Å². The van der Waals surface area contributed by atoms with Crippen LogP contribution in [0.25, 0.3) is 0 Å². The van der Waals surface area contributed by atoms with Crippen molar-refractivity contribution >= 4 is 11.7 Å². The molecule has 2 aromatic carbocycles. The first-order valence-electron chi connectivity index (χ1n) is 8.98. The molecule has 1 N–H and O–H groups in total. The fourth-order valence-electron chi connectivity index (χ4n) is 4.25. The quantitative estimate of drug-likeness (QED) is 0.848. The lowest BCUT2D eigenvalue weighted by molar-refractivity contribution is -0.255. The zero-order valence-electron chi connectivity index (χ0n) is 14.9. The molecule has 0 unspecified atom stereocenters. The minimum absolute atomic E-state index is 0.0220. The molecule has 0 spiro atoms. The summed E-state index contributed by atoms with van der Waals surface area (Å²) in [6.45, 7) is 1.85. The number of nitriles is 1. The first-order chi connectivity index (χ1) is 13.1. The molecule has 0 saturated carbocycles. The van der Waals surface area contributed by atoms with Gasteiger partial charge in [-0.05, 0) is 48.1 Å². The van der Waals surface area contributed by atoms with Crippen LogP contribution in [0.1, 0.15) is 45.4 Å². The maximum atomic E-state index is 11.4. The molecule has 2 aliphatic rings. The number of nitrogens with zero attached hydrogens (tertiary/aromatic N) is 1. The van der Waals surface area contributed by atoms with Gasteiger partial charge in [0.2, 0.25) is 0 Å². The second kappa shape index (κ2) is 6.81. The Bertz CT molecular complexity index is 957. The van der Waals surface area contributed by atoms with E-state index < -0.39 is 5.97 Å². The highest BCUT2D eigenvalue weighted by molar-refractivity contribution is 5.90. The Labute approximate surface area is 157 Å². The van der Waals surface area contributed by atoms with Crippen LogP contribution in [-0.4, -0.2) is 12.6 Å². The molecular formula is C22H19N2O3-. The van der Waals surface area contributed by atoms with E-state index in [-0.39, 0.29) is 24.1 Å². The molecule has 0 amide bonds. The summed E-state index contributed by atoms with van der Waals surface area (Å²) in [4.78, 5) is 11.4. The summed E-state index contributed by atoms with van der Waals surface area (Å²) in [6.07, 6.45) is 5.39. The average Bonchev–Trinajstić information content (AvgIpc) is 3.16. The van der Waals surface area contributed by atoms with Crippen LogP contribution in [0.5, 0.6) is 5.75 Å². The standard InChI is InChI=1S/C22H20N2O3/c1-13-16(22(25)26)9-10-19-17-3-2-4-18(17)21(24-20(13)19)14-5-7-15(8-6-14)27-12-11-23/h2-3,5-10,17-18,21,24H,4,12H2,1H3,(H,25,26)/p-1/t17-,18+,21+/m1/s1. The lowest BCUT2D eigenvalue weighted by Gasteiger charge is -2.39. The van der Waals surface area contributed by atoms with Crippen molar-refractivity contribution in [2.45, 2.75) is 25.3 Å². The van der Waals surface area contributed by atoms with Crippen LogP contribution < -0.4 is 15.2 Å². The number of benzene rings is 2. The molecule has 1 aliphatic carbocycles. The fourth-order valence-corrected chi connectivity index (χ4v) is 4.25. The number of carboxylic acids is 1. The van der Waals surface area contributed by atoms with E-state index in [4.69, 9.17) is 10.00 Å². The summed E-state index contributed by atoms with van der Waals surface area (Å²) in [5.41, 5.74) is 4.08. The Kier molecular flexibility index (Phi) is 4.33. The molecule has 5 nitrogen and oxygen atoms in total. The predicted molar refractivity (Wildman–Crippen MR) is 99.4 cm³/mol. The van der Waals surface area contributed by atoms with E-state index in [1.54, 1.807) is 6.07 Å². The molecule has 3 atom stereocenters. The minimum Gasteiger partial charge on any atom is -0.545 e. The third-order valence-corrected chi connectivity index (χ3v) is 5.56. The molecule has 2 aromatic rings. The van der Waals surface area contributed by atoms with Crippen molar-refractivity contribution in [3.63, 3.8) is 0 Å². The molecule has 0 radical (unpaired) electrons. The zero-order chi connectivity index (χ0) is 19.0. The number of allylic oxidation sites excluding steroid dienone is 2. The van der Waals surface area contributed by atoms with Crippen molar-refractivity contribution in [2.24, 2.45) is 5.92 Å². The molecule has 4 rings (SSSR count). The molecule has 1 heterocycles. The van der Waals surface area contributed by atoms with Gasteiger partial charge in [0, 0.05) is 17.2 Å². The predicted octanol–water partition coefficient (Wildman–Crippen LogP) is 3.09. The fraction of sp³-hybridized carbons (Fsp3) is 0.273. The topological polar surface area (TPSA) is 85.2 Å². The van der Waals surface area contributed by atoms with Gasteiger partial charge < -0.3 is 20.0 Å². The number of hydrogen-bond donors (Lipinski definition) is 1. The maximum absolute atomic E-state index is 11.4. The number of carbonyl (C=O) groups is 1. The number of anilines is 1. The summed E-state index contributed by atoms with van der Waals surface area (Å²) < 4.78 is 5.34. The second-order valence-electron chi connectivity index (χ2n) is 6.98. The van der Waals surface area contributed by atoms with Gasteiger partial charge in [-0.1, -0.05) is 36.4 Å². The van der Waals surface area contributed by atoms with Gasteiger partial charge in [0.15, 0.2) is 6.61 Å². The van der Waals surface area contributed by atoms with Crippen LogP contribution >= 0.6 is 0 Å². The van der Waals surface area contributed by atoms with E-state index in [0.29, 0.717) is 17.2 Å². The highest BCUT2D eigenvalue weighted by Gasteiger charge is 2.38. The molecule has 0 aromatic heterocycles. The molecule has 27 heavy (non-hydrogen) atoms. The molecule has 0 bridgehead atoms. The van der Waals surface area contributed by atoms with Gasteiger partial charge in [-0.2, -0.15) is 5.26 Å². The molecule has 0 fully saturated rings. The Hall–Kier alpha value is -3.26. The van der Waals surface area contributed by atoms with Crippen molar-refractivity contribution in [3.8, 4) is 11.8 Å². The Morgan fingerprint density at radius 2 is 2.07 bits per heavy atom. The Morgan fingerprint density at radius 1 is 1.30 bits per heavy atom. The van der Waals surface area contributed by atoms with E-state index in [2.05, 4.69) is 17.5 Å². The van der Waals surface area contributed by atoms with Crippen molar-refractivity contribution in [1.29, 1.82) is 5.26 Å². The van der Waals surface area contributed by atoms with E-state index in [1.165, 1.54) is 0 Å². The number of rotatable bonds is 4.